The number of fused-ring (bicyclic) bond motifs is 1. The van der Waals surface area contributed by atoms with Crippen LogP contribution in [0.15, 0.2) is 30.3 Å². The first kappa shape index (κ1) is 26.9. The third-order valence-corrected chi connectivity index (χ3v) is 8.20. The fraction of sp³-hybridized carbons (Fsp3) is 0.517. The molecule has 2 saturated carbocycles. The third kappa shape index (κ3) is 5.55. The summed E-state index contributed by atoms with van der Waals surface area (Å²) in [7, 11) is 3.03. The molecule has 1 atom stereocenters. The summed E-state index contributed by atoms with van der Waals surface area (Å²) in [6.07, 6.45) is 7.30. The number of benzene rings is 1. The Morgan fingerprint density at radius 3 is 2.41 bits per heavy atom. The minimum Gasteiger partial charge on any atom is -0.481 e. The first-order valence-electron chi connectivity index (χ1n) is 13.7. The number of imidazole rings is 1. The lowest BCUT2D eigenvalue weighted by Gasteiger charge is -2.34. The van der Waals surface area contributed by atoms with Crippen LogP contribution in [0, 0.1) is 17.7 Å². The van der Waals surface area contributed by atoms with Gasteiger partial charge >= 0.3 is 5.97 Å². The van der Waals surface area contributed by atoms with Gasteiger partial charge < -0.3 is 24.5 Å². The van der Waals surface area contributed by atoms with Gasteiger partial charge in [0.15, 0.2) is 0 Å². The summed E-state index contributed by atoms with van der Waals surface area (Å²) in [6, 6.07) is 7.26. The second-order valence-electron chi connectivity index (χ2n) is 10.6. The van der Waals surface area contributed by atoms with Crippen LogP contribution in [-0.2, 0) is 9.59 Å². The highest BCUT2D eigenvalue weighted by Crippen LogP contribution is 2.40. The first-order valence-corrected chi connectivity index (χ1v) is 13.7. The molecule has 2 aliphatic carbocycles. The zero-order chi connectivity index (χ0) is 27.5. The predicted octanol–water partition coefficient (Wildman–Crippen LogP) is 5.14. The number of amides is 1. The molecule has 2 heterocycles. The number of pyridine rings is 1. The molecule has 1 amide bonds. The molecule has 9 nitrogen and oxygen atoms in total. The molecule has 0 saturated heterocycles. The summed E-state index contributed by atoms with van der Waals surface area (Å²) in [4.78, 5) is 34.8. The number of aliphatic carboxylic acids is 1. The van der Waals surface area contributed by atoms with Crippen LogP contribution in [0.4, 0.5) is 4.39 Å². The van der Waals surface area contributed by atoms with Gasteiger partial charge in [0.2, 0.25) is 17.7 Å². The number of carboxylic acids is 1. The van der Waals surface area contributed by atoms with Crippen molar-refractivity contribution in [3.05, 3.63) is 36.1 Å². The second-order valence-corrected chi connectivity index (χ2v) is 10.6. The SMILES string of the molecule is COc1ccc(-c2nc3cc(F)ccc3n2C(C(=O)NC2CCC(C(=O)O)CC2)C2CCCCC2)c(OC)n1. The average molecular weight is 539 g/mol. The topological polar surface area (TPSA) is 116 Å². The van der Waals surface area contributed by atoms with Crippen molar-refractivity contribution in [3.63, 3.8) is 0 Å². The zero-order valence-corrected chi connectivity index (χ0v) is 22.4. The molecule has 0 spiro atoms. The second kappa shape index (κ2) is 11.6. The Morgan fingerprint density at radius 1 is 1.00 bits per heavy atom. The molecule has 0 bridgehead atoms. The van der Waals surface area contributed by atoms with E-state index < -0.39 is 17.8 Å². The van der Waals surface area contributed by atoms with E-state index in [1.54, 1.807) is 18.2 Å². The van der Waals surface area contributed by atoms with Crippen LogP contribution in [0.2, 0.25) is 0 Å². The summed E-state index contributed by atoms with van der Waals surface area (Å²) in [5.74, 6) is -0.456. The molecule has 1 unspecified atom stereocenters. The van der Waals surface area contributed by atoms with E-state index >= 15 is 0 Å². The van der Waals surface area contributed by atoms with Crippen LogP contribution in [0.1, 0.15) is 63.8 Å². The summed E-state index contributed by atoms with van der Waals surface area (Å²) < 4.78 is 27.1. The first-order chi connectivity index (χ1) is 18.9. The number of carbonyl (C=O) groups excluding carboxylic acids is 1. The van der Waals surface area contributed by atoms with Crippen molar-refractivity contribution in [2.45, 2.75) is 69.9 Å². The molecular formula is C29H35FN4O5. The Hall–Kier alpha value is -3.69. The lowest BCUT2D eigenvalue weighted by molar-refractivity contribution is -0.142. The van der Waals surface area contributed by atoms with E-state index in [0.29, 0.717) is 59.9 Å². The summed E-state index contributed by atoms with van der Waals surface area (Å²) in [5.41, 5.74) is 1.67. The highest BCUT2D eigenvalue weighted by atomic mass is 19.1. The van der Waals surface area contributed by atoms with Crippen molar-refractivity contribution in [1.29, 1.82) is 0 Å². The van der Waals surface area contributed by atoms with E-state index in [0.717, 1.165) is 32.1 Å². The molecule has 5 rings (SSSR count). The summed E-state index contributed by atoms with van der Waals surface area (Å²) in [6.45, 7) is 0. The molecule has 39 heavy (non-hydrogen) atoms. The van der Waals surface area contributed by atoms with Gasteiger partial charge in [0, 0.05) is 18.2 Å². The van der Waals surface area contributed by atoms with Gasteiger partial charge in [-0.1, -0.05) is 19.3 Å². The van der Waals surface area contributed by atoms with Gasteiger partial charge in [0.1, 0.15) is 17.7 Å². The van der Waals surface area contributed by atoms with Crippen LogP contribution in [0.25, 0.3) is 22.4 Å². The zero-order valence-electron chi connectivity index (χ0n) is 22.4. The normalized spacial score (nSPS) is 20.9. The monoisotopic (exact) mass is 538 g/mol. The van der Waals surface area contributed by atoms with Gasteiger partial charge in [-0.3, -0.25) is 9.59 Å². The lowest BCUT2D eigenvalue weighted by atomic mass is 9.82. The Labute approximate surface area is 226 Å². The number of methoxy groups -OCH3 is 2. The number of rotatable bonds is 8. The Kier molecular flexibility index (Phi) is 7.99. The van der Waals surface area contributed by atoms with Crippen molar-refractivity contribution in [2.75, 3.05) is 14.2 Å². The van der Waals surface area contributed by atoms with Crippen molar-refractivity contribution in [2.24, 2.45) is 11.8 Å². The summed E-state index contributed by atoms with van der Waals surface area (Å²) >= 11 is 0. The van der Waals surface area contributed by atoms with Gasteiger partial charge in [-0.15, -0.1) is 0 Å². The molecule has 2 N–H and O–H groups in total. The minimum atomic E-state index is -0.774. The fourth-order valence-corrected chi connectivity index (χ4v) is 6.17. The van der Waals surface area contributed by atoms with Crippen molar-refractivity contribution in [3.8, 4) is 23.1 Å². The number of hydrogen-bond acceptors (Lipinski definition) is 6. The van der Waals surface area contributed by atoms with E-state index in [4.69, 9.17) is 14.5 Å². The molecule has 2 aromatic heterocycles. The number of aromatic nitrogens is 3. The number of carbonyl (C=O) groups is 2. The van der Waals surface area contributed by atoms with Crippen molar-refractivity contribution < 1.29 is 28.6 Å². The van der Waals surface area contributed by atoms with Crippen LogP contribution in [0.3, 0.4) is 0 Å². The average Bonchev–Trinajstić information content (AvgIpc) is 3.31. The maximum absolute atomic E-state index is 14.3. The largest absolute Gasteiger partial charge is 0.481 e. The number of halogens is 1. The maximum Gasteiger partial charge on any atom is 0.306 e. The Morgan fingerprint density at radius 2 is 1.74 bits per heavy atom. The lowest BCUT2D eigenvalue weighted by Crippen LogP contribution is -2.44. The molecule has 3 aromatic rings. The number of hydrogen-bond donors (Lipinski definition) is 2. The van der Waals surface area contributed by atoms with Gasteiger partial charge in [0.25, 0.3) is 0 Å². The number of nitrogens with zero attached hydrogens (tertiary/aromatic N) is 3. The van der Waals surface area contributed by atoms with Gasteiger partial charge in [-0.05, 0) is 62.6 Å². The van der Waals surface area contributed by atoms with Crippen LogP contribution in [-0.4, -0.2) is 51.8 Å². The van der Waals surface area contributed by atoms with E-state index in [1.807, 2.05) is 4.57 Å². The van der Waals surface area contributed by atoms with Gasteiger partial charge in [0.05, 0.1) is 36.7 Å². The Bertz CT molecular complexity index is 1340. The number of carboxylic acid groups (broad SMARTS) is 1. The van der Waals surface area contributed by atoms with Crippen LogP contribution in [0.5, 0.6) is 11.8 Å². The molecule has 10 heteroatoms. The fourth-order valence-electron chi connectivity index (χ4n) is 6.17. The smallest absolute Gasteiger partial charge is 0.306 e. The predicted molar refractivity (Wildman–Crippen MR) is 143 cm³/mol. The van der Waals surface area contributed by atoms with Crippen molar-refractivity contribution >= 4 is 22.9 Å². The van der Waals surface area contributed by atoms with Gasteiger partial charge in [-0.2, -0.15) is 4.98 Å². The standard InChI is InChI=1S/C29H35FN4O5/c1-38-24-15-13-21(28(33-24)39-2)26-32-22-16-19(30)10-14-23(22)34(26)25(17-6-4-3-5-7-17)27(35)31-20-11-8-18(9-12-20)29(36)37/h10,13-18,20,25H,3-9,11-12H2,1-2H3,(H,31,35)(H,36,37). The van der Waals surface area contributed by atoms with Crippen LogP contribution < -0.4 is 14.8 Å². The van der Waals surface area contributed by atoms with E-state index in [2.05, 4.69) is 10.3 Å². The van der Waals surface area contributed by atoms with E-state index in [1.165, 1.54) is 26.4 Å². The van der Waals surface area contributed by atoms with Crippen LogP contribution >= 0.6 is 0 Å². The number of ether oxygens (including phenoxy) is 2. The molecule has 208 valence electrons. The van der Waals surface area contributed by atoms with Crippen molar-refractivity contribution in [1.82, 2.24) is 19.9 Å². The van der Waals surface area contributed by atoms with E-state index in [-0.39, 0.29) is 23.8 Å². The molecule has 1 aromatic carbocycles. The Balaban J connectivity index is 1.59. The van der Waals surface area contributed by atoms with E-state index in [9.17, 15) is 19.1 Å². The summed E-state index contributed by atoms with van der Waals surface area (Å²) in [5, 5.41) is 12.6. The highest BCUT2D eigenvalue weighted by Gasteiger charge is 2.37. The molecule has 0 aliphatic heterocycles. The minimum absolute atomic E-state index is 0.0625. The third-order valence-electron chi connectivity index (χ3n) is 8.20. The molecular weight excluding hydrogens is 503 g/mol. The molecule has 2 aliphatic rings. The molecule has 2 fully saturated rings. The van der Waals surface area contributed by atoms with Gasteiger partial charge in [-0.25, -0.2) is 9.37 Å². The quantitative estimate of drug-likeness (QED) is 0.408. The highest BCUT2D eigenvalue weighted by molar-refractivity contribution is 5.88. The number of nitrogens with one attached hydrogen (secondary N) is 1. The molecule has 0 radical (unpaired) electrons. The maximum atomic E-state index is 14.3.